The summed E-state index contributed by atoms with van der Waals surface area (Å²) >= 11 is 0. The Morgan fingerprint density at radius 1 is 1.21 bits per heavy atom. The molecule has 1 saturated carbocycles. The molecule has 1 aromatic carbocycles. The number of aliphatic carboxylic acids is 1. The Balaban J connectivity index is 2.34. The van der Waals surface area contributed by atoms with Crippen LogP contribution >= 0.6 is 0 Å². The fraction of sp³-hybridized carbons (Fsp3) is 0.467. The standard InChI is InChI=1S/C15H18O4/c1-19-13-8-7-11(10-5-3-2-4-6-10)9-12(13)14(16)15(17)18/h7-10H,2-6H2,1H3,(H,17,18). The fourth-order valence-corrected chi connectivity index (χ4v) is 2.71. The molecule has 1 N–H and O–H groups in total. The minimum atomic E-state index is -1.45. The van der Waals surface area contributed by atoms with Gasteiger partial charge in [-0.05, 0) is 36.5 Å². The molecule has 0 bridgehead atoms. The maximum atomic E-state index is 11.7. The van der Waals surface area contributed by atoms with Crippen LogP contribution in [-0.4, -0.2) is 24.0 Å². The zero-order valence-electron chi connectivity index (χ0n) is 11.0. The Kier molecular flexibility index (Phi) is 4.20. The Bertz CT molecular complexity index is 487. The number of ether oxygens (including phenoxy) is 1. The second-order valence-corrected chi connectivity index (χ2v) is 4.93. The van der Waals surface area contributed by atoms with Gasteiger partial charge in [-0.2, -0.15) is 0 Å². The molecule has 0 spiro atoms. The van der Waals surface area contributed by atoms with Crippen LogP contribution in [0.2, 0.25) is 0 Å². The number of rotatable bonds is 4. The third-order valence-corrected chi connectivity index (χ3v) is 3.74. The molecule has 4 heteroatoms. The van der Waals surface area contributed by atoms with Gasteiger partial charge >= 0.3 is 5.97 Å². The van der Waals surface area contributed by atoms with Gasteiger partial charge in [0.15, 0.2) is 0 Å². The van der Waals surface area contributed by atoms with Crippen molar-refractivity contribution in [3.63, 3.8) is 0 Å². The summed E-state index contributed by atoms with van der Waals surface area (Å²) in [5.74, 6) is -1.60. The molecule has 1 fully saturated rings. The highest BCUT2D eigenvalue weighted by molar-refractivity contribution is 6.40. The summed E-state index contributed by atoms with van der Waals surface area (Å²) in [6, 6.07) is 5.32. The molecular formula is C15H18O4. The van der Waals surface area contributed by atoms with E-state index in [2.05, 4.69) is 0 Å². The maximum Gasteiger partial charge on any atom is 0.377 e. The summed E-state index contributed by atoms with van der Waals surface area (Å²) < 4.78 is 5.07. The van der Waals surface area contributed by atoms with Gasteiger partial charge in [0.05, 0.1) is 12.7 Å². The summed E-state index contributed by atoms with van der Waals surface area (Å²) in [4.78, 5) is 22.5. The summed E-state index contributed by atoms with van der Waals surface area (Å²) in [6.07, 6.45) is 5.85. The number of Topliss-reactive ketones (excluding diaryl/α,β-unsaturated/α-hetero) is 1. The number of methoxy groups -OCH3 is 1. The molecule has 0 unspecified atom stereocenters. The molecule has 0 saturated heterocycles. The number of hydrogen-bond acceptors (Lipinski definition) is 3. The van der Waals surface area contributed by atoms with E-state index in [-0.39, 0.29) is 5.56 Å². The van der Waals surface area contributed by atoms with Crippen molar-refractivity contribution < 1.29 is 19.4 Å². The average Bonchev–Trinajstić information content (AvgIpc) is 2.46. The molecule has 102 valence electrons. The zero-order chi connectivity index (χ0) is 13.8. The molecule has 2 rings (SSSR count). The van der Waals surface area contributed by atoms with E-state index in [0.717, 1.165) is 18.4 Å². The van der Waals surface area contributed by atoms with Crippen LogP contribution in [0.25, 0.3) is 0 Å². The SMILES string of the molecule is COc1ccc(C2CCCCC2)cc1C(=O)C(=O)O. The highest BCUT2D eigenvalue weighted by Gasteiger charge is 2.22. The third-order valence-electron chi connectivity index (χ3n) is 3.74. The van der Waals surface area contributed by atoms with Crippen LogP contribution in [0.4, 0.5) is 0 Å². The monoisotopic (exact) mass is 262 g/mol. The number of benzene rings is 1. The van der Waals surface area contributed by atoms with E-state index in [1.165, 1.54) is 26.4 Å². The van der Waals surface area contributed by atoms with E-state index in [1.807, 2.05) is 6.07 Å². The summed E-state index contributed by atoms with van der Waals surface area (Å²) in [5.41, 5.74) is 1.20. The lowest BCUT2D eigenvalue weighted by atomic mass is 9.83. The van der Waals surface area contributed by atoms with Gasteiger partial charge < -0.3 is 9.84 Å². The van der Waals surface area contributed by atoms with E-state index in [1.54, 1.807) is 12.1 Å². The Morgan fingerprint density at radius 2 is 1.89 bits per heavy atom. The van der Waals surface area contributed by atoms with Crippen molar-refractivity contribution in [3.05, 3.63) is 29.3 Å². The van der Waals surface area contributed by atoms with Gasteiger partial charge in [-0.25, -0.2) is 4.79 Å². The molecule has 0 atom stereocenters. The molecular weight excluding hydrogens is 244 g/mol. The largest absolute Gasteiger partial charge is 0.496 e. The first-order chi connectivity index (χ1) is 9.13. The first-order valence-corrected chi connectivity index (χ1v) is 6.59. The molecule has 0 amide bonds. The Hall–Kier alpha value is -1.84. The normalized spacial score (nSPS) is 16.1. The number of carboxylic acid groups (broad SMARTS) is 1. The van der Waals surface area contributed by atoms with Crippen molar-refractivity contribution in [2.75, 3.05) is 7.11 Å². The second-order valence-electron chi connectivity index (χ2n) is 4.93. The quantitative estimate of drug-likeness (QED) is 0.669. The van der Waals surface area contributed by atoms with Gasteiger partial charge in [-0.15, -0.1) is 0 Å². The van der Waals surface area contributed by atoms with Gasteiger partial charge in [-0.1, -0.05) is 25.3 Å². The van der Waals surface area contributed by atoms with Gasteiger partial charge in [-0.3, -0.25) is 4.79 Å². The average molecular weight is 262 g/mol. The number of carbonyl (C=O) groups excluding carboxylic acids is 1. The highest BCUT2D eigenvalue weighted by atomic mass is 16.5. The van der Waals surface area contributed by atoms with Gasteiger partial charge in [0, 0.05) is 0 Å². The second kappa shape index (κ2) is 5.87. The molecule has 0 radical (unpaired) electrons. The first kappa shape index (κ1) is 13.6. The third kappa shape index (κ3) is 2.95. The minimum Gasteiger partial charge on any atom is -0.496 e. The van der Waals surface area contributed by atoms with Gasteiger partial charge in [0.25, 0.3) is 5.78 Å². The van der Waals surface area contributed by atoms with E-state index in [0.29, 0.717) is 11.7 Å². The molecule has 1 aliphatic carbocycles. The predicted molar refractivity (Wildman–Crippen MR) is 70.8 cm³/mol. The molecule has 1 aliphatic rings. The molecule has 4 nitrogen and oxygen atoms in total. The van der Waals surface area contributed by atoms with Crippen molar-refractivity contribution >= 4 is 11.8 Å². The van der Waals surface area contributed by atoms with Crippen molar-refractivity contribution in [1.82, 2.24) is 0 Å². The minimum absolute atomic E-state index is 0.151. The Morgan fingerprint density at radius 3 is 2.47 bits per heavy atom. The van der Waals surface area contributed by atoms with Crippen LogP contribution in [-0.2, 0) is 4.79 Å². The zero-order valence-corrected chi connectivity index (χ0v) is 11.0. The molecule has 19 heavy (non-hydrogen) atoms. The van der Waals surface area contributed by atoms with Crippen LogP contribution in [0.1, 0.15) is 53.9 Å². The molecule has 0 heterocycles. The smallest absolute Gasteiger partial charge is 0.377 e. The molecule has 0 aromatic heterocycles. The van der Waals surface area contributed by atoms with Crippen molar-refractivity contribution in [2.24, 2.45) is 0 Å². The van der Waals surface area contributed by atoms with Crippen LogP contribution in [0, 0.1) is 0 Å². The number of ketones is 1. The van der Waals surface area contributed by atoms with Crippen LogP contribution in [0.15, 0.2) is 18.2 Å². The van der Waals surface area contributed by atoms with E-state index >= 15 is 0 Å². The van der Waals surface area contributed by atoms with Crippen molar-refractivity contribution in [3.8, 4) is 5.75 Å². The van der Waals surface area contributed by atoms with Gasteiger partial charge in [0.2, 0.25) is 0 Å². The van der Waals surface area contributed by atoms with E-state index in [9.17, 15) is 9.59 Å². The van der Waals surface area contributed by atoms with E-state index in [4.69, 9.17) is 9.84 Å². The molecule has 0 aliphatic heterocycles. The fourth-order valence-electron chi connectivity index (χ4n) is 2.71. The van der Waals surface area contributed by atoms with Gasteiger partial charge in [0.1, 0.15) is 5.75 Å². The lowest BCUT2D eigenvalue weighted by Gasteiger charge is -2.22. The Labute approximate surface area is 112 Å². The summed E-state index contributed by atoms with van der Waals surface area (Å²) in [6.45, 7) is 0. The first-order valence-electron chi connectivity index (χ1n) is 6.59. The maximum absolute atomic E-state index is 11.7. The number of carboxylic acids is 1. The van der Waals surface area contributed by atoms with E-state index < -0.39 is 11.8 Å². The summed E-state index contributed by atoms with van der Waals surface area (Å²) in [5, 5.41) is 8.85. The van der Waals surface area contributed by atoms with Crippen LogP contribution in [0.5, 0.6) is 5.75 Å². The van der Waals surface area contributed by atoms with Crippen molar-refractivity contribution in [2.45, 2.75) is 38.0 Å². The lowest BCUT2D eigenvalue weighted by Crippen LogP contribution is -2.15. The highest BCUT2D eigenvalue weighted by Crippen LogP contribution is 2.34. The predicted octanol–water partition coefficient (Wildman–Crippen LogP) is 3.01. The summed E-state index contributed by atoms with van der Waals surface area (Å²) in [7, 11) is 1.44. The topological polar surface area (TPSA) is 63.6 Å². The number of hydrogen-bond donors (Lipinski definition) is 1. The van der Waals surface area contributed by atoms with Crippen LogP contribution in [0.3, 0.4) is 0 Å². The van der Waals surface area contributed by atoms with Crippen LogP contribution < -0.4 is 4.74 Å². The molecule has 1 aromatic rings. The van der Waals surface area contributed by atoms with Crippen molar-refractivity contribution in [1.29, 1.82) is 0 Å². The lowest BCUT2D eigenvalue weighted by molar-refractivity contribution is -0.131. The number of carbonyl (C=O) groups is 2.